The summed E-state index contributed by atoms with van der Waals surface area (Å²) in [6.45, 7) is 9.85. The molecule has 0 aliphatic heterocycles. The van der Waals surface area contributed by atoms with E-state index in [0.29, 0.717) is 13.1 Å². The Morgan fingerprint density at radius 1 is 0.943 bits per heavy atom. The third-order valence-electron chi connectivity index (χ3n) is 6.28. The number of anilines is 1. The minimum Gasteiger partial charge on any atom is -0.395 e. The van der Waals surface area contributed by atoms with Crippen LogP contribution in [0, 0.1) is 19.3 Å². The summed E-state index contributed by atoms with van der Waals surface area (Å²) in [6.07, 6.45) is 8.78. The molecule has 0 fully saturated rings. The van der Waals surface area contributed by atoms with Crippen LogP contribution in [0.2, 0.25) is 0 Å². The SMILES string of the molecule is Cc1cccc(C)c1SC1=C(/C=C/c2ccc(N(CCO)CCO)cc2)CC(C)(C)C/C1=C\C=O. The standard InChI is InChI=1S/C30H37NO3S/c1-22-6-5-7-23(2)28(22)35-29-25(20-30(3,4)21-26(29)14-17-32)11-8-24-9-12-27(13-10-24)31(15-18-33)16-19-34/h5-14,17,33-34H,15-16,18-21H2,1-4H3/b11-8+,26-14+. The Kier molecular flexibility index (Phi) is 9.55. The summed E-state index contributed by atoms with van der Waals surface area (Å²) in [7, 11) is 0. The number of aliphatic hydroxyl groups is 2. The molecule has 0 saturated heterocycles. The number of hydrogen-bond acceptors (Lipinski definition) is 5. The first-order valence-corrected chi connectivity index (χ1v) is 13.0. The van der Waals surface area contributed by atoms with Crippen LogP contribution in [0.5, 0.6) is 0 Å². The van der Waals surface area contributed by atoms with Crippen molar-refractivity contribution in [3.8, 4) is 0 Å². The smallest absolute Gasteiger partial charge is 0.143 e. The molecular weight excluding hydrogens is 454 g/mol. The highest BCUT2D eigenvalue weighted by Gasteiger charge is 2.30. The Bertz CT molecular complexity index is 1090. The summed E-state index contributed by atoms with van der Waals surface area (Å²) in [6, 6.07) is 14.5. The van der Waals surface area contributed by atoms with E-state index in [-0.39, 0.29) is 18.6 Å². The molecule has 0 saturated carbocycles. The minimum absolute atomic E-state index is 0.0447. The van der Waals surface area contributed by atoms with Crippen LogP contribution >= 0.6 is 11.8 Å². The number of benzene rings is 2. The van der Waals surface area contributed by atoms with Crippen molar-refractivity contribution < 1.29 is 15.0 Å². The number of carbonyl (C=O) groups is 1. The number of thioether (sulfide) groups is 1. The minimum atomic E-state index is 0.0447. The lowest BCUT2D eigenvalue weighted by Gasteiger charge is -2.34. The van der Waals surface area contributed by atoms with Gasteiger partial charge in [-0.05, 0) is 78.1 Å². The van der Waals surface area contributed by atoms with Crippen LogP contribution in [-0.2, 0) is 4.79 Å². The lowest BCUT2D eigenvalue weighted by atomic mass is 9.75. The Morgan fingerprint density at radius 2 is 1.57 bits per heavy atom. The molecular formula is C30H37NO3S. The van der Waals surface area contributed by atoms with E-state index in [1.54, 1.807) is 17.8 Å². The zero-order chi connectivity index (χ0) is 25.4. The predicted octanol–water partition coefficient (Wildman–Crippen LogP) is 6.10. The predicted molar refractivity (Wildman–Crippen MR) is 148 cm³/mol. The van der Waals surface area contributed by atoms with Crippen molar-refractivity contribution in [2.45, 2.75) is 45.4 Å². The zero-order valence-electron chi connectivity index (χ0n) is 21.3. The molecule has 35 heavy (non-hydrogen) atoms. The molecule has 186 valence electrons. The van der Waals surface area contributed by atoms with Gasteiger partial charge in [0.15, 0.2) is 0 Å². The number of aldehydes is 1. The van der Waals surface area contributed by atoms with Gasteiger partial charge in [-0.3, -0.25) is 4.79 Å². The number of aliphatic hydroxyl groups excluding tert-OH is 2. The monoisotopic (exact) mass is 491 g/mol. The summed E-state index contributed by atoms with van der Waals surface area (Å²) < 4.78 is 0. The van der Waals surface area contributed by atoms with Crippen molar-refractivity contribution in [1.82, 2.24) is 0 Å². The number of nitrogens with zero attached hydrogens (tertiary/aromatic N) is 1. The van der Waals surface area contributed by atoms with Crippen molar-refractivity contribution in [3.05, 3.63) is 87.4 Å². The molecule has 4 nitrogen and oxygen atoms in total. The summed E-state index contributed by atoms with van der Waals surface area (Å²) >= 11 is 1.77. The molecule has 0 heterocycles. The van der Waals surface area contributed by atoms with Crippen LogP contribution in [0.25, 0.3) is 6.08 Å². The maximum atomic E-state index is 11.5. The van der Waals surface area contributed by atoms with Gasteiger partial charge in [-0.15, -0.1) is 0 Å². The highest BCUT2D eigenvalue weighted by Crippen LogP contribution is 2.49. The van der Waals surface area contributed by atoms with Crippen LogP contribution in [0.15, 0.2) is 75.6 Å². The van der Waals surface area contributed by atoms with E-state index in [9.17, 15) is 15.0 Å². The van der Waals surface area contributed by atoms with E-state index in [0.717, 1.165) is 36.0 Å². The van der Waals surface area contributed by atoms with E-state index in [2.05, 4.69) is 70.2 Å². The summed E-state index contributed by atoms with van der Waals surface area (Å²) in [5.41, 5.74) is 6.95. The first-order chi connectivity index (χ1) is 16.8. The van der Waals surface area contributed by atoms with E-state index in [4.69, 9.17) is 0 Å². The fourth-order valence-corrected chi connectivity index (χ4v) is 5.81. The van der Waals surface area contributed by atoms with Crippen LogP contribution in [0.1, 0.15) is 43.4 Å². The van der Waals surface area contributed by atoms with Gasteiger partial charge in [-0.1, -0.05) is 68.1 Å². The maximum absolute atomic E-state index is 11.5. The molecule has 0 spiro atoms. The van der Waals surface area contributed by atoms with Gasteiger partial charge in [0.05, 0.1) is 13.2 Å². The molecule has 0 bridgehead atoms. The van der Waals surface area contributed by atoms with Gasteiger partial charge in [0, 0.05) is 28.6 Å². The first-order valence-electron chi connectivity index (χ1n) is 12.1. The molecule has 0 amide bonds. The van der Waals surface area contributed by atoms with Crippen molar-refractivity contribution >= 4 is 29.8 Å². The second kappa shape index (κ2) is 12.4. The van der Waals surface area contributed by atoms with Crippen molar-refractivity contribution in [2.75, 3.05) is 31.2 Å². The molecule has 2 N–H and O–H groups in total. The molecule has 1 aliphatic carbocycles. The van der Waals surface area contributed by atoms with Crippen LogP contribution < -0.4 is 4.90 Å². The quantitative estimate of drug-likeness (QED) is 0.311. The van der Waals surface area contributed by atoms with Crippen molar-refractivity contribution in [2.24, 2.45) is 5.41 Å². The second-order valence-electron chi connectivity index (χ2n) is 9.88. The third kappa shape index (κ3) is 7.20. The molecule has 2 aromatic carbocycles. The van der Waals surface area contributed by atoms with Crippen molar-refractivity contribution in [3.63, 3.8) is 0 Å². The molecule has 1 aliphatic rings. The first kappa shape index (κ1) is 27.0. The van der Waals surface area contributed by atoms with E-state index in [1.807, 2.05) is 17.0 Å². The molecule has 0 radical (unpaired) electrons. The summed E-state index contributed by atoms with van der Waals surface area (Å²) in [4.78, 5) is 15.9. The fourth-order valence-electron chi connectivity index (χ4n) is 4.61. The molecule has 0 unspecified atom stereocenters. The average molecular weight is 492 g/mol. The van der Waals surface area contributed by atoms with Gasteiger partial charge in [-0.25, -0.2) is 0 Å². The third-order valence-corrected chi connectivity index (χ3v) is 7.86. The number of carbonyl (C=O) groups excluding carboxylic acids is 1. The van der Waals surface area contributed by atoms with E-state index >= 15 is 0 Å². The topological polar surface area (TPSA) is 60.8 Å². The van der Waals surface area contributed by atoms with Crippen LogP contribution in [0.3, 0.4) is 0 Å². The second-order valence-corrected chi connectivity index (χ2v) is 10.9. The Morgan fingerprint density at radius 3 is 2.14 bits per heavy atom. The van der Waals surface area contributed by atoms with Gasteiger partial charge in [0.1, 0.15) is 6.29 Å². The normalized spacial score (nSPS) is 16.8. The number of allylic oxidation sites excluding steroid dienone is 4. The van der Waals surface area contributed by atoms with Crippen LogP contribution in [0.4, 0.5) is 5.69 Å². The molecule has 2 aromatic rings. The molecule has 5 heteroatoms. The highest BCUT2D eigenvalue weighted by molar-refractivity contribution is 8.03. The van der Waals surface area contributed by atoms with E-state index < -0.39 is 0 Å². The van der Waals surface area contributed by atoms with Gasteiger partial charge < -0.3 is 15.1 Å². The summed E-state index contributed by atoms with van der Waals surface area (Å²) in [5, 5.41) is 18.6. The van der Waals surface area contributed by atoms with Gasteiger partial charge >= 0.3 is 0 Å². The number of hydrogen-bond donors (Lipinski definition) is 2. The number of rotatable bonds is 10. The summed E-state index contributed by atoms with van der Waals surface area (Å²) in [5.74, 6) is 0. The van der Waals surface area contributed by atoms with Gasteiger partial charge in [0.25, 0.3) is 0 Å². The lowest BCUT2D eigenvalue weighted by molar-refractivity contribution is -0.104. The lowest BCUT2D eigenvalue weighted by Crippen LogP contribution is -2.29. The van der Waals surface area contributed by atoms with Gasteiger partial charge in [0.2, 0.25) is 0 Å². The molecule has 3 rings (SSSR count). The van der Waals surface area contributed by atoms with E-state index in [1.165, 1.54) is 26.5 Å². The zero-order valence-corrected chi connectivity index (χ0v) is 22.1. The maximum Gasteiger partial charge on any atom is 0.143 e. The fraction of sp³-hybridized carbons (Fsp3) is 0.367. The number of aryl methyl sites for hydroxylation is 2. The Hall–Kier alpha value is -2.60. The van der Waals surface area contributed by atoms with Crippen molar-refractivity contribution in [1.29, 1.82) is 0 Å². The molecule has 0 aromatic heterocycles. The highest BCUT2D eigenvalue weighted by atomic mass is 32.2. The van der Waals surface area contributed by atoms with Crippen LogP contribution in [-0.4, -0.2) is 42.8 Å². The Balaban J connectivity index is 1.98. The average Bonchev–Trinajstić information content (AvgIpc) is 2.81. The van der Waals surface area contributed by atoms with Gasteiger partial charge in [-0.2, -0.15) is 0 Å². The largest absolute Gasteiger partial charge is 0.395 e. The Labute approximate surface area is 214 Å². The molecule has 0 atom stereocenters.